The van der Waals surface area contributed by atoms with Crippen LogP contribution in [0, 0.1) is 6.92 Å². The molecular formula is C23H24Cl2N4O3S. The molecule has 0 aliphatic rings. The zero-order chi connectivity index (χ0) is 23.8. The molecule has 0 saturated heterocycles. The Morgan fingerprint density at radius 3 is 2.70 bits per heavy atom. The van der Waals surface area contributed by atoms with Gasteiger partial charge in [0.15, 0.2) is 22.5 Å². The van der Waals surface area contributed by atoms with Crippen LogP contribution < -0.4 is 14.8 Å². The van der Waals surface area contributed by atoms with Gasteiger partial charge in [-0.05, 0) is 49.7 Å². The molecule has 1 N–H and O–H groups in total. The summed E-state index contributed by atoms with van der Waals surface area (Å²) < 4.78 is 13.5. The van der Waals surface area contributed by atoms with Crippen molar-refractivity contribution in [3.8, 4) is 11.5 Å². The second-order valence-electron chi connectivity index (χ2n) is 6.94. The van der Waals surface area contributed by atoms with Crippen LogP contribution in [0.5, 0.6) is 11.5 Å². The van der Waals surface area contributed by atoms with E-state index in [1.165, 1.54) is 11.8 Å². The van der Waals surface area contributed by atoms with E-state index < -0.39 is 0 Å². The Bertz CT molecular complexity index is 1140. The van der Waals surface area contributed by atoms with Gasteiger partial charge in [-0.25, -0.2) is 0 Å². The van der Waals surface area contributed by atoms with Gasteiger partial charge in [0.2, 0.25) is 5.91 Å². The average molecular weight is 507 g/mol. The first-order valence-electron chi connectivity index (χ1n) is 10.2. The Kier molecular flexibility index (Phi) is 9.05. The molecule has 0 fully saturated rings. The molecule has 0 radical (unpaired) electrons. The molecule has 1 heterocycles. The number of aromatic nitrogens is 3. The second-order valence-corrected chi connectivity index (χ2v) is 8.69. The maximum Gasteiger partial charge on any atom is 0.234 e. The Morgan fingerprint density at radius 1 is 1.15 bits per heavy atom. The predicted octanol–water partition coefficient (Wildman–Crippen LogP) is 5.79. The van der Waals surface area contributed by atoms with Gasteiger partial charge in [-0.15, -0.1) is 16.8 Å². The fraction of sp³-hybridized carbons (Fsp3) is 0.261. The normalized spacial score (nSPS) is 10.7. The molecule has 0 spiro atoms. The fourth-order valence-electron chi connectivity index (χ4n) is 2.89. The maximum absolute atomic E-state index is 12.4. The Morgan fingerprint density at radius 2 is 1.97 bits per heavy atom. The van der Waals surface area contributed by atoms with Crippen molar-refractivity contribution >= 4 is 46.6 Å². The SMILES string of the molecule is C=CCn1c(COc2ccc(C)cc2OCC)nnc1SCC(=O)Nc1ccc(Cl)c(Cl)c1. The van der Waals surface area contributed by atoms with Crippen molar-refractivity contribution in [1.82, 2.24) is 14.8 Å². The number of hydrogen-bond acceptors (Lipinski definition) is 6. The van der Waals surface area contributed by atoms with E-state index in [0.29, 0.717) is 51.4 Å². The lowest BCUT2D eigenvalue weighted by Gasteiger charge is -2.13. The third kappa shape index (κ3) is 6.90. The van der Waals surface area contributed by atoms with Crippen molar-refractivity contribution in [2.24, 2.45) is 0 Å². The first-order chi connectivity index (χ1) is 15.9. The lowest BCUT2D eigenvalue weighted by Crippen LogP contribution is -2.15. The number of halogens is 2. The van der Waals surface area contributed by atoms with Crippen LogP contribution in [0.4, 0.5) is 5.69 Å². The first kappa shape index (κ1) is 25.0. The van der Waals surface area contributed by atoms with Crippen molar-refractivity contribution in [2.75, 3.05) is 17.7 Å². The summed E-state index contributed by atoms with van der Waals surface area (Å²) >= 11 is 13.2. The molecule has 7 nitrogen and oxygen atoms in total. The molecule has 0 aliphatic heterocycles. The summed E-state index contributed by atoms with van der Waals surface area (Å²) in [6.45, 7) is 8.93. The summed E-state index contributed by atoms with van der Waals surface area (Å²) in [7, 11) is 0. The highest BCUT2D eigenvalue weighted by Crippen LogP contribution is 2.29. The molecule has 0 atom stereocenters. The van der Waals surface area contributed by atoms with E-state index >= 15 is 0 Å². The number of anilines is 1. The number of aryl methyl sites for hydroxylation is 1. The summed E-state index contributed by atoms with van der Waals surface area (Å²) in [5.74, 6) is 1.87. The largest absolute Gasteiger partial charge is 0.490 e. The van der Waals surface area contributed by atoms with Crippen LogP contribution in [0.15, 0.2) is 54.2 Å². The highest BCUT2D eigenvalue weighted by atomic mass is 35.5. The minimum absolute atomic E-state index is 0.142. The molecule has 1 aromatic heterocycles. The topological polar surface area (TPSA) is 78.3 Å². The molecule has 3 rings (SSSR count). The molecule has 0 bridgehead atoms. The van der Waals surface area contributed by atoms with Crippen LogP contribution in [-0.4, -0.2) is 33.0 Å². The monoisotopic (exact) mass is 506 g/mol. The van der Waals surface area contributed by atoms with E-state index in [4.69, 9.17) is 32.7 Å². The van der Waals surface area contributed by atoms with Crippen LogP contribution in [0.2, 0.25) is 10.0 Å². The van der Waals surface area contributed by atoms with Crippen LogP contribution in [0.1, 0.15) is 18.3 Å². The van der Waals surface area contributed by atoms with Gasteiger partial charge in [-0.1, -0.05) is 47.1 Å². The minimum atomic E-state index is -0.203. The molecule has 0 unspecified atom stereocenters. The number of hydrogen-bond donors (Lipinski definition) is 1. The lowest BCUT2D eigenvalue weighted by atomic mass is 10.2. The van der Waals surface area contributed by atoms with Gasteiger partial charge in [0.25, 0.3) is 0 Å². The van der Waals surface area contributed by atoms with Gasteiger partial charge in [-0.2, -0.15) is 0 Å². The summed E-state index contributed by atoms with van der Waals surface area (Å²) in [5, 5.41) is 12.6. The number of carbonyl (C=O) groups is 1. The number of nitrogens with zero attached hydrogens (tertiary/aromatic N) is 3. The highest BCUT2D eigenvalue weighted by molar-refractivity contribution is 7.99. The van der Waals surface area contributed by atoms with Gasteiger partial charge in [0.1, 0.15) is 6.61 Å². The van der Waals surface area contributed by atoms with Gasteiger partial charge >= 0.3 is 0 Å². The maximum atomic E-state index is 12.4. The van der Waals surface area contributed by atoms with Crippen LogP contribution in [-0.2, 0) is 17.9 Å². The molecular weight excluding hydrogens is 483 g/mol. The Hall–Kier alpha value is -2.68. The third-order valence-corrected chi connectivity index (χ3v) is 6.10. The number of ether oxygens (including phenoxy) is 2. The summed E-state index contributed by atoms with van der Waals surface area (Å²) in [6, 6.07) is 10.7. The summed E-state index contributed by atoms with van der Waals surface area (Å²) in [5.41, 5.74) is 1.65. The van der Waals surface area contributed by atoms with E-state index in [2.05, 4.69) is 22.1 Å². The van der Waals surface area contributed by atoms with Gasteiger partial charge in [-0.3, -0.25) is 9.36 Å². The van der Waals surface area contributed by atoms with Crippen molar-refractivity contribution in [3.63, 3.8) is 0 Å². The van der Waals surface area contributed by atoms with Crippen molar-refractivity contribution in [2.45, 2.75) is 32.2 Å². The predicted molar refractivity (Wildman–Crippen MR) is 133 cm³/mol. The molecule has 0 saturated carbocycles. The zero-order valence-electron chi connectivity index (χ0n) is 18.3. The van der Waals surface area contributed by atoms with Gasteiger partial charge in [0.05, 0.1) is 22.4 Å². The number of nitrogens with one attached hydrogen (secondary N) is 1. The summed E-state index contributed by atoms with van der Waals surface area (Å²) in [6.07, 6.45) is 1.74. The molecule has 1 amide bonds. The van der Waals surface area contributed by atoms with E-state index in [0.717, 1.165) is 5.56 Å². The van der Waals surface area contributed by atoms with Crippen LogP contribution >= 0.6 is 35.0 Å². The van der Waals surface area contributed by atoms with Crippen molar-refractivity contribution in [3.05, 3.63) is 70.5 Å². The molecule has 0 aliphatic carbocycles. The number of carbonyl (C=O) groups excluding carboxylic acids is 1. The second kappa shape index (κ2) is 12.0. The number of thioether (sulfide) groups is 1. The van der Waals surface area contributed by atoms with Crippen LogP contribution in [0.3, 0.4) is 0 Å². The van der Waals surface area contributed by atoms with Gasteiger partial charge < -0.3 is 14.8 Å². The summed E-state index contributed by atoms with van der Waals surface area (Å²) in [4.78, 5) is 12.4. The Balaban J connectivity index is 1.65. The number of rotatable bonds is 11. The van der Waals surface area contributed by atoms with E-state index in [1.807, 2.05) is 36.6 Å². The molecule has 174 valence electrons. The molecule has 33 heavy (non-hydrogen) atoms. The van der Waals surface area contributed by atoms with E-state index in [1.54, 1.807) is 24.3 Å². The fourth-order valence-corrected chi connectivity index (χ4v) is 3.96. The number of benzene rings is 2. The molecule has 10 heteroatoms. The average Bonchev–Trinajstić information content (AvgIpc) is 3.16. The standard InChI is InChI=1S/C23H24Cl2N4O3S/c1-4-10-29-21(13-32-19-9-6-15(3)11-20(19)31-5-2)27-28-23(29)33-14-22(30)26-16-7-8-17(24)18(25)12-16/h4,6-9,11-12H,1,5,10,13-14H2,2-3H3,(H,26,30). The zero-order valence-corrected chi connectivity index (χ0v) is 20.6. The highest BCUT2D eigenvalue weighted by Gasteiger charge is 2.15. The smallest absolute Gasteiger partial charge is 0.234 e. The quantitative estimate of drug-likeness (QED) is 0.262. The Labute approximate surface area is 207 Å². The third-order valence-electron chi connectivity index (χ3n) is 4.40. The van der Waals surface area contributed by atoms with Crippen LogP contribution in [0.25, 0.3) is 0 Å². The van der Waals surface area contributed by atoms with Crippen molar-refractivity contribution in [1.29, 1.82) is 0 Å². The first-order valence-corrected chi connectivity index (χ1v) is 11.9. The van der Waals surface area contributed by atoms with E-state index in [-0.39, 0.29) is 18.3 Å². The molecule has 2 aromatic carbocycles. The number of amides is 1. The van der Waals surface area contributed by atoms with E-state index in [9.17, 15) is 4.79 Å². The van der Waals surface area contributed by atoms with Crippen molar-refractivity contribution < 1.29 is 14.3 Å². The molecule has 3 aromatic rings. The lowest BCUT2D eigenvalue weighted by molar-refractivity contribution is -0.113. The number of allylic oxidation sites excluding steroid dienone is 1. The minimum Gasteiger partial charge on any atom is -0.490 e. The van der Waals surface area contributed by atoms with Gasteiger partial charge in [0, 0.05) is 12.2 Å².